The monoisotopic (exact) mass is 601 g/mol. The van der Waals surface area contributed by atoms with E-state index in [2.05, 4.69) is 10.3 Å². The number of amides is 4. The number of carbonyl (C=O) groups is 3. The number of piperidine rings is 1. The van der Waals surface area contributed by atoms with Crippen molar-refractivity contribution in [1.29, 1.82) is 0 Å². The van der Waals surface area contributed by atoms with Gasteiger partial charge in [0.1, 0.15) is 5.82 Å². The van der Waals surface area contributed by atoms with Gasteiger partial charge in [0.05, 0.1) is 17.3 Å². The van der Waals surface area contributed by atoms with E-state index in [-0.39, 0.29) is 30.0 Å². The zero-order valence-corrected chi connectivity index (χ0v) is 24.8. The molecule has 1 saturated carbocycles. The standard InChI is InChI=1S/C28H39N9O4.ClH/c1-28(2,31)25(39)34-9-11-35(12-10-34)26(40)32-23-7-8-37(27(41)33-23)18-5-3-17(4-6-18)13-22(30)24(38)36-15-20-19(14-29)21(20)16-36;/h3-8,19-22H,9-16,29-31H2,1-2H3,(H,32,33,40,41);1H/t19?,20?,21?,22-;/m0./s1. The van der Waals surface area contributed by atoms with Crippen molar-refractivity contribution in [3.05, 3.63) is 52.6 Å². The average Bonchev–Trinajstić information content (AvgIpc) is 3.42. The van der Waals surface area contributed by atoms with Gasteiger partial charge in [-0.2, -0.15) is 4.98 Å². The van der Waals surface area contributed by atoms with E-state index >= 15 is 0 Å². The van der Waals surface area contributed by atoms with Crippen LogP contribution in [0.5, 0.6) is 0 Å². The molecule has 42 heavy (non-hydrogen) atoms. The van der Waals surface area contributed by atoms with Gasteiger partial charge in [-0.05, 0) is 68.3 Å². The highest BCUT2D eigenvalue weighted by molar-refractivity contribution is 5.89. The lowest BCUT2D eigenvalue weighted by Gasteiger charge is -2.37. The van der Waals surface area contributed by atoms with Crippen LogP contribution in [-0.4, -0.2) is 99.5 Å². The molecule has 1 aliphatic carbocycles. The van der Waals surface area contributed by atoms with Gasteiger partial charge in [-0.3, -0.25) is 19.5 Å². The summed E-state index contributed by atoms with van der Waals surface area (Å²) in [6.07, 6.45) is 1.94. The van der Waals surface area contributed by atoms with Crippen molar-refractivity contribution in [3.8, 4) is 5.69 Å². The second kappa shape index (κ2) is 12.4. The third-order valence-corrected chi connectivity index (χ3v) is 8.39. The van der Waals surface area contributed by atoms with Gasteiger partial charge in [0.2, 0.25) is 11.8 Å². The van der Waals surface area contributed by atoms with Crippen LogP contribution >= 0.6 is 12.4 Å². The Morgan fingerprint density at radius 1 is 1.00 bits per heavy atom. The third-order valence-electron chi connectivity index (χ3n) is 8.39. The number of halogens is 1. The summed E-state index contributed by atoms with van der Waals surface area (Å²) in [4.78, 5) is 59.7. The highest BCUT2D eigenvalue weighted by Gasteiger charge is 2.55. The summed E-state index contributed by atoms with van der Waals surface area (Å²) in [7, 11) is 0. The van der Waals surface area contributed by atoms with Crippen LogP contribution in [0, 0.1) is 17.8 Å². The Labute approximate surface area is 250 Å². The van der Waals surface area contributed by atoms with Crippen LogP contribution < -0.4 is 28.2 Å². The van der Waals surface area contributed by atoms with Crippen LogP contribution in [0.25, 0.3) is 5.69 Å². The minimum atomic E-state index is -0.965. The number of fused-ring (bicyclic) bond motifs is 1. The van der Waals surface area contributed by atoms with Crippen LogP contribution in [0.3, 0.4) is 0 Å². The first-order valence-electron chi connectivity index (χ1n) is 14.0. The lowest BCUT2D eigenvalue weighted by atomic mass is 10.0. The minimum absolute atomic E-state index is 0. The van der Waals surface area contributed by atoms with Crippen molar-refractivity contribution < 1.29 is 14.4 Å². The number of rotatable bonds is 7. The normalized spacial score (nSPS) is 22.2. The Kier molecular flexibility index (Phi) is 9.26. The Morgan fingerprint density at radius 2 is 1.60 bits per heavy atom. The summed E-state index contributed by atoms with van der Waals surface area (Å²) in [5.74, 6) is 1.54. The van der Waals surface area contributed by atoms with Crippen LogP contribution in [0.15, 0.2) is 41.3 Å². The van der Waals surface area contributed by atoms with Crippen molar-refractivity contribution in [2.75, 3.05) is 51.1 Å². The number of nitrogens with two attached hydrogens (primary N) is 3. The smallest absolute Gasteiger partial charge is 0.341 e. The second-order valence-corrected chi connectivity index (χ2v) is 11.8. The quantitative estimate of drug-likeness (QED) is 0.330. The SMILES string of the molecule is CC(C)(N)C(=O)N1CCN(C(=O)Nc2ccn(-c3ccc(C[C@H](N)C(=O)N4CC5C(CN)C5C4)cc3)c(=O)n2)CC1.Cl. The maximum Gasteiger partial charge on any atom is 0.354 e. The van der Waals surface area contributed by atoms with Crippen LogP contribution in [0.1, 0.15) is 19.4 Å². The van der Waals surface area contributed by atoms with Crippen molar-refractivity contribution >= 4 is 36.1 Å². The Hall–Kier alpha value is -3.52. The molecule has 2 saturated heterocycles. The summed E-state index contributed by atoms with van der Waals surface area (Å²) >= 11 is 0. The lowest BCUT2D eigenvalue weighted by Crippen LogP contribution is -2.58. The summed E-state index contributed by atoms with van der Waals surface area (Å²) in [5.41, 5.74) is 17.9. The molecule has 3 atom stereocenters. The molecule has 3 heterocycles. The van der Waals surface area contributed by atoms with E-state index < -0.39 is 23.3 Å². The number of nitrogens with zero attached hydrogens (tertiary/aromatic N) is 5. The molecule has 2 aromatic rings. The molecule has 14 heteroatoms. The molecule has 3 aliphatic rings. The van der Waals surface area contributed by atoms with Crippen molar-refractivity contribution in [1.82, 2.24) is 24.3 Å². The predicted octanol–water partition coefficient (Wildman–Crippen LogP) is -0.399. The first-order chi connectivity index (χ1) is 19.5. The van der Waals surface area contributed by atoms with Crippen molar-refractivity contribution in [3.63, 3.8) is 0 Å². The fraction of sp³-hybridized carbons (Fsp3) is 0.536. The molecule has 7 N–H and O–H groups in total. The van der Waals surface area contributed by atoms with E-state index in [0.29, 0.717) is 62.6 Å². The number of aromatic nitrogens is 2. The molecule has 2 aliphatic heterocycles. The number of hydrogen-bond donors (Lipinski definition) is 4. The van der Waals surface area contributed by atoms with E-state index in [1.54, 1.807) is 48.0 Å². The molecule has 0 spiro atoms. The zero-order valence-electron chi connectivity index (χ0n) is 23.9. The van der Waals surface area contributed by atoms with Gasteiger partial charge < -0.3 is 31.9 Å². The molecule has 228 valence electrons. The molecule has 2 unspecified atom stereocenters. The average molecular weight is 602 g/mol. The number of hydrogen-bond acceptors (Lipinski definition) is 8. The third kappa shape index (κ3) is 6.59. The zero-order chi connectivity index (χ0) is 29.5. The van der Waals surface area contributed by atoms with E-state index in [4.69, 9.17) is 17.2 Å². The maximum absolute atomic E-state index is 12.8. The first kappa shape index (κ1) is 31.4. The van der Waals surface area contributed by atoms with E-state index in [1.807, 2.05) is 17.0 Å². The number of anilines is 1. The Balaban J connectivity index is 0.00000405. The number of carbonyl (C=O) groups excluding carboxylic acids is 3. The molecule has 13 nitrogen and oxygen atoms in total. The molecule has 0 radical (unpaired) electrons. The van der Waals surface area contributed by atoms with E-state index in [0.717, 1.165) is 18.7 Å². The van der Waals surface area contributed by atoms with Crippen molar-refractivity contribution in [2.24, 2.45) is 35.0 Å². The summed E-state index contributed by atoms with van der Waals surface area (Å²) in [5, 5.41) is 2.66. The summed E-state index contributed by atoms with van der Waals surface area (Å²) in [6, 6.07) is 7.75. The molecule has 3 fully saturated rings. The maximum atomic E-state index is 12.8. The van der Waals surface area contributed by atoms with Crippen molar-refractivity contribution in [2.45, 2.75) is 31.8 Å². The van der Waals surface area contributed by atoms with Crippen LogP contribution in [0.4, 0.5) is 10.6 Å². The predicted molar refractivity (Wildman–Crippen MR) is 160 cm³/mol. The van der Waals surface area contributed by atoms with Gasteiger partial charge in [0.25, 0.3) is 0 Å². The first-order valence-corrected chi connectivity index (χ1v) is 14.0. The topological polar surface area (TPSA) is 186 Å². The molecule has 1 aromatic heterocycles. The number of benzene rings is 1. The highest BCUT2D eigenvalue weighted by atomic mass is 35.5. The number of likely N-dealkylation sites (tertiary alicyclic amines) is 1. The summed E-state index contributed by atoms with van der Waals surface area (Å²) < 4.78 is 1.37. The van der Waals surface area contributed by atoms with Gasteiger partial charge >= 0.3 is 11.7 Å². The van der Waals surface area contributed by atoms with Gasteiger partial charge in [0, 0.05) is 45.5 Å². The van der Waals surface area contributed by atoms with Crippen LogP contribution in [-0.2, 0) is 16.0 Å². The van der Waals surface area contributed by atoms with E-state index in [1.165, 1.54) is 4.57 Å². The molecule has 0 bridgehead atoms. The lowest BCUT2D eigenvalue weighted by molar-refractivity contribution is -0.137. The molecule has 5 rings (SSSR count). The number of nitrogens with one attached hydrogen (secondary N) is 1. The fourth-order valence-electron chi connectivity index (χ4n) is 5.93. The molecule has 4 amide bonds. The molecular weight excluding hydrogens is 562 g/mol. The summed E-state index contributed by atoms with van der Waals surface area (Å²) in [6.45, 7) is 6.94. The molecule has 1 aromatic carbocycles. The molecular formula is C28H40ClN9O4. The Morgan fingerprint density at radius 3 is 2.14 bits per heavy atom. The second-order valence-electron chi connectivity index (χ2n) is 11.8. The van der Waals surface area contributed by atoms with Gasteiger partial charge in [0.15, 0.2) is 0 Å². The van der Waals surface area contributed by atoms with Gasteiger partial charge in [-0.1, -0.05) is 12.1 Å². The van der Waals surface area contributed by atoms with E-state index in [9.17, 15) is 19.2 Å². The largest absolute Gasteiger partial charge is 0.354 e. The highest BCUT2D eigenvalue weighted by Crippen LogP contribution is 2.50. The van der Waals surface area contributed by atoms with Gasteiger partial charge in [-0.25, -0.2) is 9.59 Å². The van der Waals surface area contributed by atoms with Crippen LogP contribution in [0.2, 0.25) is 0 Å². The fourth-order valence-corrected chi connectivity index (χ4v) is 5.93. The minimum Gasteiger partial charge on any atom is -0.341 e. The Bertz CT molecular complexity index is 1360. The number of urea groups is 1. The van der Waals surface area contributed by atoms with Gasteiger partial charge in [-0.15, -0.1) is 12.4 Å². The number of piperazine rings is 1.